The normalized spacial score (nSPS) is 17.6. The van der Waals surface area contributed by atoms with Gasteiger partial charge in [-0.2, -0.15) is 0 Å². The molecule has 7 nitrogen and oxygen atoms in total. The van der Waals surface area contributed by atoms with Gasteiger partial charge in [0.2, 0.25) is 0 Å². The summed E-state index contributed by atoms with van der Waals surface area (Å²) < 4.78 is 10.7. The number of hydrogen-bond donors (Lipinski definition) is 2. The zero-order chi connectivity index (χ0) is 21.3. The molecule has 1 aromatic rings. The van der Waals surface area contributed by atoms with Crippen molar-refractivity contribution in [1.82, 2.24) is 15.5 Å². The Hall–Kier alpha value is -2.44. The topological polar surface area (TPSA) is 75.2 Å². The van der Waals surface area contributed by atoms with E-state index in [0.29, 0.717) is 12.5 Å². The maximum atomic E-state index is 12.3. The van der Waals surface area contributed by atoms with Gasteiger partial charge in [0.15, 0.2) is 5.96 Å². The lowest BCUT2D eigenvalue weighted by Gasteiger charge is -2.34. The molecule has 1 aromatic carbocycles. The highest BCUT2D eigenvalue weighted by Crippen LogP contribution is 2.21. The molecule has 0 saturated carbocycles. The monoisotopic (exact) mass is 404 g/mol. The van der Waals surface area contributed by atoms with Gasteiger partial charge in [0.25, 0.3) is 0 Å². The van der Waals surface area contributed by atoms with Crippen molar-refractivity contribution < 1.29 is 14.3 Å². The number of aliphatic imine (C=N–C) groups is 1. The van der Waals surface area contributed by atoms with Crippen molar-refractivity contribution in [3.05, 3.63) is 29.8 Å². The Labute approximate surface area is 174 Å². The second-order valence-corrected chi connectivity index (χ2v) is 8.42. The van der Waals surface area contributed by atoms with Crippen LogP contribution in [0, 0.1) is 5.92 Å². The molecule has 0 spiro atoms. The minimum absolute atomic E-state index is 0.202. The number of hydrogen-bond acceptors (Lipinski definition) is 4. The number of nitrogens with one attached hydrogen (secondary N) is 2. The number of benzene rings is 1. The van der Waals surface area contributed by atoms with Crippen LogP contribution in [0.25, 0.3) is 0 Å². The van der Waals surface area contributed by atoms with Gasteiger partial charge in [0, 0.05) is 33.2 Å². The molecule has 0 bridgehead atoms. The molecule has 29 heavy (non-hydrogen) atoms. The van der Waals surface area contributed by atoms with Gasteiger partial charge in [-0.15, -0.1) is 0 Å². The van der Waals surface area contributed by atoms with E-state index in [-0.39, 0.29) is 6.09 Å². The summed E-state index contributed by atoms with van der Waals surface area (Å²) in [6, 6.07) is 7.97. The second kappa shape index (κ2) is 10.9. The molecule has 1 fully saturated rings. The summed E-state index contributed by atoms with van der Waals surface area (Å²) in [6.07, 6.45) is 2.95. The van der Waals surface area contributed by atoms with Crippen LogP contribution in [-0.4, -0.2) is 56.3 Å². The van der Waals surface area contributed by atoms with Crippen molar-refractivity contribution in [2.75, 3.05) is 33.8 Å². The van der Waals surface area contributed by atoms with E-state index in [1.165, 1.54) is 0 Å². The molecule has 1 aliphatic rings. The molecule has 2 rings (SSSR count). The van der Waals surface area contributed by atoms with Gasteiger partial charge in [-0.25, -0.2) is 4.79 Å². The molecule has 7 heteroatoms. The summed E-state index contributed by atoms with van der Waals surface area (Å²) in [4.78, 5) is 18.4. The molecule has 0 aliphatic carbocycles. The molecule has 2 N–H and O–H groups in total. The molecule has 1 heterocycles. The predicted molar refractivity (Wildman–Crippen MR) is 116 cm³/mol. The number of ether oxygens (including phenoxy) is 2. The zero-order valence-corrected chi connectivity index (χ0v) is 18.5. The largest absolute Gasteiger partial charge is 0.497 e. The number of carbonyl (C=O) groups is 1. The van der Waals surface area contributed by atoms with Gasteiger partial charge in [0.1, 0.15) is 11.4 Å². The van der Waals surface area contributed by atoms with Gasteiger partial charge in [-0.05, 0) is 63.6 Å². The summed E-state index contributed by atoms with van der Waals surface area (Å²) in [5.74, 6) is 2.10. The van der Waals surface area contributed by atoms with Crippen molar-refractivity contribution in [2.24, 2.45) is 10.9 Å². The van der Waals surface area contributed by atoms with Crippen LogP contribution in [0.2, 0.25) is 0 Å². The Bertz CT molecular complexity index is 668. The molecule has 1 saturated heterocycles. The molecule has 1 atom stereocenters. The number of carbonyl (C=O) groups excluding carboxylic acids is 1. The molecule has 0 aromatic heterocycles. The summed E-state index contributed by atoms with van der Waals surface area (Å²) >= 11 is 0. The fourth-order valence-corrected chi connectivity index (χ4v) is 3.34. The number of methoxy groups -OCH3 is 1. The first-order chi connectivity index (χ1) is 13.8. The lowest BCUT2D eigenvalue weighted by Crippen LogP contribution is -2.44. The number of amides is 1. The maximum Gasteiger partial charge on any atom is 0.410 e. The van der Waals surface area contributed by atoms with Gasteiger partial charge in [-0.3, -0.25) is 4.99 Å². The Balaban J connectivity index is 1.72. The zero-order valence-electron chi connectivity index (χ0n) is 18.5. The smallest absolute Gasteiger partial charge is 0.410 e. The van der Waals surface area contributed by atoms with Crippen LogP contribution < -0.4 is 15.4 Å². The average molecular weight is 405 g/mol. The number of likely N-dealkylation sites (tertiary alicyclic amines) is 1. The quantitative estimate of drug-likeness (QED) is 0.561. The van der Waals surface area contributed by atoms with Gasteiger partial charge >= 0.3 is 6.09 Å². The Kier molecular flexibility index (Phi) is 8.61. The van der Waals surface area contributed by atoms with Crippen LogP contribution in [0.1, 0.15) is 45.6 Å². The van der Waals surface area contributed by atoms with Crippen LogP contribution in [0.5, 0.6) is 5.75 Å². The average Bonchev–Trinajstić information content (AvgIpc) is 2.70. The molecule has 0 radical (unpaired) electrons. The standard InChI is InChI=1S/C22H36N4O3/c1-22(2,3)29-21(27)26-14-6-7-18(16-26)12-13-24-20(23-4)25-15-17-8-10-19(28-5)11-9-17/h8-11,18H,6-7,12-16H2,1-5H3,(H2,23,24,25). The molecular formula is C22H36N4O3. The van der Waals surface area contributed by atoms with Crippen LogP contribution in [0.3, 0.4) is 0 Å². The predicted octanol–water partition coefficient (Wildman–Crippen LogP) is 3.40. The number of rotatable bonds is 6. The Morgan fingerprint density at radius 3 is 2.59 bits per heavy atom. The number of guanidine groups is 1. The fourth-order valence-electron chi connectivity index (χ4n) is 3.34. The van der Waals surface area contributed by atoms with Crippen molar-refractivity contribution >= 4 is 12.1 Å². The summed E-state index contributed by atoms with van der Waals surface area (Å²) in [7, 11) is 3.44. The molecule has 1 amide bonds. The van der Waals surface area contributed by atoms with Gasteiger partial charge in [0.05, 0.1) is 7.11 Å². The maximum absolute atomic E-state index is 12.3. The highest BCUT2D eigenvalue weighted by molar-refractivity contribution is 5.79. The second-order valence-electron chi connectivity index (χ2n) is 8.42. The highest BCUT2D eigenvalue weighted by Gasteiger charge is 2.27. The minimum Gasteiger partial charge on any atom is -0.497 e. The Morgan fingerprint density at radius 1 is 1.24 bits per heavy atom. The van der Waals surface area contributed by atoms with E-state index in [9.17, 15) is 4.79 Å². The molecule has 162 valence electrons. The highest BCUT2D eigenvalue weighted by atomic mass is 16.6. The first-order valence-corrected chi connectivity index (χ1v) is 10.4. The lowest BCUT2D eigenvalue weighted by molar-refractivity contribution is 0.0162. The van der Waals surface area contributed by atoms with Crippen LogP contribution in [0.15, 0.2) is 29.3 Å². The van der Waals surface area contributed by atoms with E-state index >= 15 is 0 Å². The van der Waals surface area contributed by atoms with E-state index in [1.54, 1.807) is 14.2 Å². The van der Waals surface area contributed by atoms with E-state index in [1.807, 2.05) is 49.9 Å². The minimum atomic E-state index is -0.451. The summed E-state index contributed by atoms with van der Waals surface area (Å²) in [6.45, 7) is 8.76. The summed E-state index contributed by atoms with van der Waals surface area (Å²) in [5, 5.41) is 6.70. The first kappa shape index (κ1) is 22.8. The van der Waals surface area contributed by atoms with Crippen LogP contribution in [-0.2, 0) is 11.3 Å². The third-order valence-corrected chi connectivity index (χ3v) is 4.86. The van der Waals surface area contributed by atoms with Crippen LogP contribution in [0.4, 0.5) is 4.79 Å². The lowest BCUT2D eigenvalue weighted by atomic mass is 9.95. The van der Waals surface area contributed by atoms with E-state index in [2.05, 4.69) is 15.6 Å². The Morgan fingerprint density at radius 2 is 1.97 bits per heavy atom. The number of piperidine rings is 1. The SMILES string of the molecule is CN=C(NCCC1CCCN(C(=O)OC(C)(C)C)C1)NCc1ccc(OC)cc1. The van der Waals surface area contributed by atoms with Crippen molar-refractivity contribution in [1.29, 1.82) is 0 Å². The number of nitrogens with zero attached hydrogens (tertiary/aromatic N) is 2. The van der Waals surface area contributed by atoms with E-state index in [0.717, 1.165) is 56.2 Å². The van der Waals surface area contributed by atoms with Gasteiger partial charge in [-0.1, -0.05) is 12.1 Å². The van der Waals surface area contributed by atoms with Gasteiger partial charge < -0.3 is 25.0 Å². The molecule has 1 aliphatic heterocycles. The molecular weight excluding hydrogens is 368 g/mol. The van der Waals surface area contributed by atoms with Crippen LogP contribution >= 0.6 is 0 Å². The summed E-state index contributed by atoms with van der Waals surface area (Å²) in [5.41, 5.74) is 0.710. The van der Waals surface area contributed by atoms with Crippen molar-refractivity contribution in [3.8, 4) is 5.75 Å². The first-order valence-electron chi connectivity index (χ1n) is 10.4. The molecule has 1 unspecified atom stereocenters. The third-order valence-electron chi connectivity index (χ3n) is 4.86. The van der Waals surface area contributed by atoms with Crippen molar-refractivity contribution in [2.45, 2.75) is 52.2 Å². The van der Waals surface area contributed by atoms with E-state index < -0.39 is 5.60 Å². The fraction of sp³-hybridized carbons (Fsp3) is 0.636. The third kappa shape index (κ3) is 8.21. The van der Waals surface area contributed by atoms with E-state index in [4.69, 9.17) is 9.47 Å². The van der Waals surface area contributed by atoms with Crippen molar-refractivity contribution in [3.63, 3.8) is 0 Å².